The monoisotopic (exact) mass is 156 g/mol. The lowest BCUT2D eigenvalue weighted by Crippen LogP contribution is -1.79. The number of hydrogen-bond acceptors (Lipinski definition) is 3. The van der Waals surface area contributed by atoms with Crippen LogP contribution in [-0.2, 0) is 0 Å². The topological polar surface area (TPSA) is 12.9 Å². The van der Waals surface area contributed by atoms with Gasteiger partial charge in [-0.1, -0.05) is 12.2 Å². The summed E-state index contributed by atoms with van der Waals surface area (Å²) < 4.78 is 0. The molecule has 0 bridgehead atoms. The summed E-state index contributed by atoms with van der Waals surface area (Å²) in [6, 6.07) is 0. The first kappa shape index (κ1) is 6.83. The van der Waals surface area contributed by atoms with Crippen LogP contribution in [0, 0.1) is 13.3 Å². The van der Waals surface area contributed by atoms with Crippen LogP contribution < -0.4 is 0 Å². The molecular weight excluding hydrogens is 150 g/mol. The van der Waals surface area contributed by atoms with Crippen molar-refractivity contribution in [2.45, 2.75) is 6.92 Å². The molecule has 0 aliphatic carbocycles. The summed E-state index contributed by atoms with van der Waals surface area (Å²) in [7, 11) is 0. The van der Waals surface area contributed by atoms with Crippen LogP contribution in [0.3, 0.4) is 0 Å². The predicted molar refractivity (Wildman–Crippen MR) is 43.9 cm³/mol. The van der Waals surface area contributed by atoms with Crippen LogP contribution in [0.4, 0.5) is 0 Å². The Morgan fingerprint density at radius 2 is 2.56 bits per heavy atom. The molecule has 1 nitrogen and oxygen atoms in total. The van der Waals surface area contributed by atoms with Crippen molar-refractivity contribution in [3.63, 3.8) is 0 Å². The van der Waals surface area contributed by atoms with Gasteiger partial charge >= 0.3 is 0 Å². The number of nitrogens with zero attached hydrogens (tertiary/aromatic N) is 1. The van der Waals surface area contributed by atoms with E-state index in [-0.39, 0.29) is 0 Å². The van der Waals surface area contributed by atoms with E-state index in [0.717, 1.165) is 10.7 Å². The van der Waals surface area contributed by atoms with Crippen LogP contribution in [0.5, 0.6) is 0 Å². The van der Waals surface area contributed by atoms with Crippen LogP contribution in [0.25, 0.3) is 0 Å². The molecule has 0 atom stereocenters. The van der Waals surface area contributed by atoms with Gasteiger partial charge in [-0.3, -0.25) is 0 Å². The molecule has 0 fully saturated rings. The van der Waals surface area contributed by atoms with Gasteiger partial charge in [-0.2, -0.15) is 0 Å². The highest BCUT2D eigenvalue weighted by Gasteiger charge is 1.93. The first-order valence-electron chi connectivity index (χ1n) is 2.53. The maximum atomic E-state index is 4.63. The summed E-state index contributed by atoms with van der Waals surface area (Å²) in [5.41, 5.74) is 0.965. The zero-order valence-corrected chi connectivity index (χ0v) is 6.63. The maximum Gasteiger partial charge on any atom is 0.0897 e. The van der Waals surface area contributed by atoms with Crippen LogP contribution in [-0.4, -0.2) is 10.4 Å². The fourth-order valence-corrected chi connectivity index (χ4v) is 1.25. The van der Waals surface area contributed by atoms with Gasteiger partial charge < -0.3 is 0 Å². The lowest BCUT2D eigenvalue weighted by Gasteiger charge is -1.80. The van der Waals surface area contributed by atoms with Crippen molar-refractivity contribution >= 4 is 28.9 Å². The van der Waals surface area contributed by atoms with E-state index < -0.39 is 0 Å². The van der Waals surface area contributed by atoms with Crippen LogP contribution in [0.15, 0.2) is 5.38 Å². The van der Waals surface area contributed by atoms with Gasteiger partial charge in [0.2, 0.25) is 0 Å². The molecule has 0 aliphatic rings. The van der Waals surface area contributed by atoms with Crippen molar-refractivity contribution in [2.24, 2.45) is 0 Å². The Balaban J connectivity index is 2.72. The minimum absolute atomic E-state index is 0.965. The molecule has 1 radical (unpaired) electrons. The molecule has 1 rings (SSSR count). The molecule has 0 saturated heterocycles. The average molecular weight is 156 g/mol. The molecular formula is C6H6NS2. The molecule has 0 amide bonds. The lowest BCUT2D eigenvalue weighted by molar-refractivity contribution is 1.24. The lowest BCUT2D eigenvalue weighted by atomic mass is 10.4. The molecule has 0 N–H and O–H groups in total. The van der Waals surface area contributed by atoms with Crippen LogP contribution >= 0.6 is 23.6 Å². The molecule has 0 spiro atoms. The van der Waals surface area contributed by atoms with Gasteiger partial charge in [0.05, 0.1) is 10.7 Å². The molecule has 0 aliphatic heterocycles. The molecule has 0 saturated carbocycles. The molecule has 9 heavy (non-hydrogen) atoms. The highest BCUT2D eigenvalue weighted by molar-refractivity contribution is 7.79. The van der Waals surface area contributed by atoms with E-state index in [4.69, 9.17) is 0 Å². The van der Waals surface area contributed by atoms with Gasteiger partial charge in [0.15, 0.2) is 0 Å². The van der Waals surface area contributed by atoms with Gasteiger partial charge in [-0.25, -0.2) is 4.98 Å². The van der Waals surface area contributed by atoms with Gasteiger partial charge in [-0.05, 0) is 12.3 Å². The van der Waals surface area contributed by atoms with Crippen molar-refractivity contribution in [2.75, 3.05) is 0 Å². The zero-order valence-electron chi connectivity index (χ0n) is 5.00. The fraction of sp³-hybridized carbons (Fsp3) is 0.167. The number of thiocarbonyl (C=S) groups is 1. The minimum Gasteiger partial charge on any atom is -0.246 e. The largest absolute Gasteiger partial charge is 0.246 e. The van der Waals surface area contributed by atoms with Crippen LogP contribution in [0.1, 0.15) is 10.7 Å². The number of rotatable bonds is 2. The van der Waals surface area contributed by atoms with Crippen LogP contribution in [0.2, 0.25) is 0 Å². The Morgan fingerprint density at radius 1 is 1.78 bits per heavy atom. The zero-order chi connectivity index (χ0) is 6.69. The highest BCUT2D eigenvalue weighted by atomic mass is 32.1. The van der Waals surface area contributed by atoms with Crippen molar-refractivity contribution in [1.29, 1.82) is 0 Å². The van der Waals surface area contributed by atoms with E-state index >= 15 is 0 Å². The Kier molecular flexibility index (Phi) is 2.30. The third-order valence-corrected chi connectivity index (χ3v) is 1.80. The second-order valence-corrected chi connectivity index (χ2v) is 2.93. The molecule has 1 heterocycles. The second kappa shape index (κ2) is 3.03. The number of aryl methyl sites for hydroxylation is 1. The first-order valence-corrected chi connectivity index (χ1v) is 3.88. The van der Waals surface area contributed by atoms with Gasteiger partial charge in [0, 0.05) is 11.8 Å². The summed E-state index contributed by atoms with van der Waals surface area (Å²) in [5.74, 6) is 0. The first-order chi connectivity index (χ1) is 4.33. The number of aromatic nitrogens is 1. The summed E-state index contributed by atoms with van der Waals surface area (Å²) in [6.07, 6.45) is 1.82. The van der Waals surface area contributed by atoms with E-state index in [2.05, 4.69) is 17.2 Å². The third-order valence-electron chi connectivity index (χ3n) is 0.876. The van der Waals surface area contributed by atoms with E-state index in [1.165, 1.54) is 0 Å². The standard InChI is InChI=1S/C6H6NS2/c1-5-7-6(2-3-8)4-9-5/h2-4H,1H3. The van der Waals surface area contributed by atoms with E-state index in [1.54, 1.807) is 16.7 Å². The molecule has 47 valence electrons. The second-order valence-electron chi connectivity index (χ2n) is 1.59. The molecule has 1 aromatic heterocycles. The Morgan fingerprint density at radius 3 is 3.00 bits per heavy atom. The maximum absolute atomic E-state index is 4.63. The Bertz CT molecular complexity index is 205. The summed E-state index contributed by atoms with van der Waals surface area (Å²) in [4.78, 5) is 4.17. The molecule has 3 heteroatoms. The minimum atomic E-state index is 0.965. The van der Waals surface area contributed by atoms with Crippen molar-refractivity contribution in [3.8, 4) is 0 Å². The van der Waals surface area contributed by atoms with Crippen molar-refractivity contribution in [1.82, 2.24) is 4.98 Å². The normalized spacial score (nSPS) is 9.44. The number of hydrogen-bond donors (Lipinski definition) is 0. The van der Waals surface area contributed by atoms with E-state index in [1.807, 2.05) is 18.7 Å². The smallest absolute Gasteiger partial charge is 0.0897 e. The number of thiazole rings is 1. The summed E-state index contributed by atoms with van der Waals surface area (Å²) in [5, 5.41) is 4.64. The van der Waals surface area contributed by atoms with Gasteiger partial charge in [0.25, 0.3) is 0 Å². The van der Waals surface area contributed by atoms with Crippen molar-refractivity contribution < 1.29 is 0 Å². The molecule has 0 aromatic carbocycles. The molecule has 1 aromatic rings. The van der Waals surface area contributed by atoms with Gasteiger partial charge in [0.1, 0.15) is 0 Å². The molecule has 0 unspecified atom stereocenters. The fourth-order valence-electron chi connectivity index (χ4n) is 0.526. The third kappa shape index (κ3) is 1.84. The SMILES string of the molecule is Cc1nc([CH]C=S)cs1. The summed E-state index contributed by atoms with van der Waals surface area (Å²) >= 11 is 6.26. The quantitative estimate of drug-likeness (QED) is 0.607. The average Bonchev–Trinajstić information content (AvgIpc) is 2.17. The predicted octanol–water partition coefficient (Wildman–Crippen LogP) is 2.00. The Hall–Kier alpha value is -0.280. The Labute approximate surface area is 63.7 Å². The van der Waals surface area contributed by atoms with E-state index in [9.17, 15) is 0 Å². The van der Waals surface area contributed by atoms with E-state index in [0.29, 0.717) is 0 Å². The van der Waals surface area contributed by atoms with Crippen molar-refractivity contribution in [3.05, 3.63) is 22.5 Å². The van der Waals surface area contributed by atoms with Gasteiger partial charge in [-0.15, -0.1) is 11.3 Å². The summed E-state index contributed by atoms with van der Waals surface area (Å²) in [6.45, 7) is 1.98. The highest BCUT2D eigenvalue weighted by Crippen LogP contribution is 2.08.